The average Bonchev–Trinajstić information content (AvgIpc) is 1.59. The van der Waals surface area contributed by atoms with Gasteiger partial charge in [-0.25, -0.2) is 0 Å². The monoisotopic (exact) mass is 144 g/mol. The summed E-state index contributed by atoms with van der Waals surface area (Å²) < 4.78 is 33.7. The lowest BCUT2D eigenvalue weighted by molar-refractivity contribution is -0.105. The van der Waals surface area contributed by atoms with E-state index in [2.05, 4.69) is 0 Å². The second-order valence-electron chi connectivity index (χ2n) is 1.25. The molecule has 0 aliphatic heterocycles. The number of alkyl halides is 3. The number of hydrogen-bond acceptors (Lipinski definition) is 1. The van der Waals surface area contributed by atoms with Crippen LogP contribution in [0.25, 0.3) is 0 Å². The van der Waals surface area contributed by atoms with Gasteiger partial charge in [0, 0.05) is 0 Å². The molecule has 0 bridgehead atoms. The van der Waals surface area contributed by atoms with Crippen LogP contribution in [0.4, 0.5) is 13.2 Å². The number of hydrogen-bond donors (Lipinski definition) is 0. The predicted molar refractivity (Wildman–Crippen MR) is 29.1 cm³/mol. The molecule has 0 aliphatic carbocycles. The Morgan fingerprint density at radius 3 is 2.00 bits per heavy atom. The molecular weight excluding hydrogens is 137 g/mol. The summed E-state index contributed by atoms with van der Waals surface area (Å²) in [5.74, 6) is -0.191. The van der Waals surface area contributed by atoms with Crippen molar-refractivity contribution in [1.29, 1.82) is 0 Å². The Labute approximate surface area is 50.5 Å². The van der Waals surface area contributed by atoms with Crippen molar-refractivity contribution in [2.45, 2.75) is 13.1 Å². The minimum atomic E-state index is -3.99. The Balaban J connectivity index is 3.11. The van der Waals surface area contributed by atoms with E-state index in [4.69, 9.17) is 0 Å². The molecule has 0 radical (unpaired) electrons. The second kappa shape index (κ2) is 3.22. The van der Waals surface area contributed by atoms with Crippen LogP contribution in [0.3, 0.4) is 0 Å². The van der Waals surface area contributed by atoms with Crippen LogP contribution in [0.15, 0.2) is 0 Å². The normalized spacial score (nSPS) is 12.0. The van der Waals surface area contributed by atoms with Crippen molar-refractivity contribution in [2.24, 2.45) is 0 Å². The molecule has 0 spiro atoms. The topological polar surface area (TPSA) is 0 Å². The van der Waals surface area contributed by atoms with Gasteiger partial charge in [-0.3, -0.25) is 0 Å². The summed E-state index contributed by atoms with van der Waals surface area (Å²) in [6, 6.07) is 0. The van der Waals surface area contributed by atoms with Crippen molar-refractivity contribution >= 4 is 11.8 Å². The Kier molecular flexibility index (Phi) is 3.28. The Morgan fingerprint density at radius 2 is 1.88 bits per heavy atom. The van der Waals surface area contributed by atoms with E-state index in [1.54, 1.807) is 6.92 Å². The van der Waals surface area contributed by atoms with Crippen LogP contribution in [0.1, 0.15) is 6.92 Å². The Bertz CT molecular complexity index is 58.8. The van der Waals surface area contributed by atoms with Crippen LogP contribution in [-0.4, -0.2) is 17.7 Å². The smallest absolute Gasteiger partial charge is 0.170 e. The summed E-state index contributed by atoms with van der Waals surface area (Å²) in [6.45, 7) is 1.70. The number of halogens is 3. The standard InChI is InChI=1S/C4H7F3S/c1-2-8-3-4(5,6)7/h2-3H2,1H3. The van der Waals surface area contributed by atoms with Crippen molar-refractivity contribution in [3.8, 4) is 0 Å². The first-order valence-electron chi connectivity index (χ1n) is 2.20. The van der Waals surface area contributed by atoms with Crippen LogP contribution in [0.2, 0.25) is 0 Å². The highest BCUT2D eigenvalue weighted by Gasteiger charge is 2.25. The zero-order chi connectivity index (χ0) is 6.62. The average molecular weight is 144 g/mol. The van der Waals surface area contributed by atoms with E-state index in [1.807, 2.05) is 0 Å². The maximum absolute atomic E-state index is 11.2. The first-order chi connectivity index (χ1) is 3.56. The van der Waals surface area contributed by atoms with Crippen molar-refractivity contribution < 1.29 is 13.2 Å². The lowest BCUT2D eigenvalue weighted by atomic mass is 10.8. The molecule has 0 saturated heterocycles. The first-order valence-corrected chi connectivity index (χ1v) is 3.36. The van der Waals surface area contributed by atoms with E-state index in [9.17, 15) is 13.2 Å². The molecular formula is C4H7F3S. The van der Waals surface area contributed by atoms with Gasteiger partial charge in [0.1, 0.15) is 0 Å². The molecule has 0 atom stereocenters. The molecule has 0 rings (SSSR count). The third-order valence-corrected chi connectivity index (χ3v) is 1.41. The molecule has 8 heavy (non-hydrogen) atoms. The number of rotatable bonds is 2. The predicted octanol–water partition coefficient (Wildman–Crippen LogP) is 2.30. The van der Waals surface area contributed by atoms with Gasteiger partial charge in [0.05, 0.1) is 5.75 Å². The van der Waals surface area contributed by atoms with E-state index in [-0.39, 0.29) is 0 Å². The fraction of sp³-hybridized carbons (Fsp3) is 1.00. The first kappa shape index (κ1) is 8.14. The zero-order valence-electron chi connectivity index (χ0n) is 4.46. The summed E-state index contributed by atoms with van der Waals surface area (Å²) in [5, 5.41) is 0. The second-order valence-corrected chi connectivity index (χ2v) is 2.53. The molecule has 4 heteroatoms. The van der Waals surface area contributed by atoms with Crippen LogP contribution < -0.4 is 0 Å². The van der Waals surface area contributed by atoms with Crippen molar-refractivity contribution in [1.82, 2.24) is 0 Å². The molecule has 0 saturated carbocycles. The molecule has 0 heterocycles. The van der Waals surface area contributed by atoms with Crippen LogP contribution in [-0.2, 0) is 0 Å². The molecule has 0 aliphatic rings. The van der Waals surface area contributed by atoms with Crippen molar-refractivity contribution in [2.75, 3.05) is 11.5 Å². The fourth-order valence-corrected chi connectivity index (χ4v) is 0.653. The molecule has 0 aromatic rings. The molecule has 0 aromatic carbocycles. The van der Waals surface area contributed by atoms with Crippen LogP contribution in [0.5, 0.6) is 0 Å². The molecule has 0 nitrogen and oxygen atoms in total. The van der Waals surface area contributed by atoms with E-state index in [0.29, 0.717) is 5.75 Å². The summed E-state index contributed by atoms with van der Waals surface area (Å²) in [6.07, 6.45) is -3.99. The van der Waals surface area contributed by atoms with E-state index in [0.717, 1.165) is 11.8 Å². The molecule has 0 amide bonds. The summed E-state index contributed by atoms with van der Waals surface area (Å²) in [7, 11) is 0. The van der Waals surface area contributed by atoms with Crippen molar-refractivity contribution in [3.05, 3.63) is 0 Å². The minimum Gasteiger partial charge on any atom is -0.170 e. The van der Waals surface area contributed by atoms with Gasteiger partial charge < -0.3 is 0 Å². The third kappa shape index (κ3) is 6.14. The summed E-state index contributed by atoms with van der Waals surface area (Å²) in [4.78, 5) is 0. The van der Waals surface area contributed by atoms with Gasteiger partial charge in [-0.1, -0.05) is 6.92 Å². The zero-order valence-corrected chi connectivity index (χ0v) is 5.27. The largest absolute Gasteiger partial charge is 0.397 e. The maximum atomic E-state index is 11.2. The summed E-state index contributed by atoms with van der Waals surface area (Å²) >= 11 is 0.890. The van der Waals surface area contributed by atoms with Gasteiger partial charge in [-0.05, 0) is 5.75 Å². The van der Waals surface area contributed by atoms with Crippen LogP contribution >= 0.6 is 11.8 Å². The maximum Gasteiger partial charge on any atom is 0.397 e. The van der Waals surface area contributed by atoms with Gasteiger partial charge in [0.25, 0.3) is 0 Å². The molecule has 0 aromatic heterocycles. The highest BCUT2D eigenvalue weighted by Crippen LogP contribution is 2.20. The molecule has 50 valence electrons. The number of thioether (sulfide) groups is 1. The Hall–Kier alpha value is 0.140. The SMILES string of the molecule is CCSCC(F)(F)F. The van der Waals surface area contributed by atoms with E-state index < -0.39 is 11.9 Å². The highest BCUT2D eigenvalue weighted by molar-refractivity contribution is 7.99. The lowest BCUT2D eigenvalue weighted by Gasteiger charge is -2.01. The molecule has 0 unspecified atom stereocenters. The van der Waals surface area contributed by atoms with E-state index in [1.165, 1.54) is 0 Å². The highest BCUT2D eigenvalue weighted by atomic mass is 32.2. The van der Waals surface area contributed by atoms with Gasteiger partial charge in [-0.2, -0.15) is 24.9 Å². The third-order valence-electron chi connectivity index (χ3n) is 0.470. The van der Waals surface area contributed by atoms with E-state index >= 15 is 0 Å². The summed E-state index contributed by atoms with van der Waals surface area (Å²) in [5.41, 5.74) is 0. The van der Waals surface area contributed by atoms with Crippen LogP contribution in [0, 0.1) is 0 Å². The van der Waals surface area contributed by atoms with Gasteiger partial charge in [0.15, 0.2) is 0 Å². The van der Waals surface area contributed by atoms with Crippen molar-refractivity contribution in [3.63, 3.8) is 0 Å². The quantitative estimate of drug-likeness (QED) is 0.573. The Morgan fingerprint density at radius 1 is 1.38 bits per heavy atom. The molecule has 0 N–H and O–H groups in total. The van der Waals surface area contributed by atoms with Gasteiger partial charge in [-0.15, -0.1) is 0 Å². The van der Waals surface area contributed by atoms with Gasteiger partial charge in [0.2, 0.25) is 0 Å². The van der Waals surface area contributed by atoms with Gasteiger partial charge >= 0.3 is 6.18 Å². The molecule has 0 fully saturated rings. The minimum absolute atomic E-state index is 0.527. The fourth-order valence-electron chi connectivity index (χ4n) is 0.218. The lowest BCUT2D eigenvalue weighted by Crippen LogP contribution is -2.10.